The molecular weight excluding hydrogens is 180 g/mol. The Labute approximate surface area is 83.5 Å². The van der Waals surface area contributed by atoms with Crippen LogP contribution in [-0.4, -0.2) is 24.9 Å². The normalized spacial score (nSPS) is 14.9. The zero-order chi connectivity index (χ0) is 10.6. The van der Waals surface area contributed by atoms with Gasteiger partial charge in [-0.3, -0.25) is 0 Å². The average molecular weight is 196 g/mol. The highest BCUT2D eigenvalue weighted by molar-refractivity contribution is 5.36. The van der Waals surface area contributed by atoms with Crippen molar-refractivity contribution in [3.63, 3.8) is 0 Å². The van der Waals surface area contributed by atoms with Crippen molar-refractivity contribution in [1.82, 2.24) is 0 Å². The molecule has 4 heteroatoms. The third-order valence-corrected chi connectivity index (χ3v) is 2.17. The lowest BCUT2D eigenvalue weighted by Gasteiger charge is -2.20. The van der Waals surface area contributed by atoms with Crippen LogP contribution in [0.3, 0.4) is 0 Å². The van der Waals surface area contributed by atoms with E-state index >= 15 is 0 Å². The summed E-state index contributed by atoms with van der Waals surface area (Å²) < 4.78 is 5.14. The molecule has 0 saturated carbocycles. The van der Waals surface area contributed by atoms with E-state index in [1.807, 2.05) is 24.3 Å². The second kappa shape index (κ2) is 4.95. The summed E-state index contributed by atoms with van der Waals surface area (Å²) in [4.78, 5) is 0. The van der Waals surface area contributed by atoms with E-state index in [4.69, 9.17) is 21.3 Å². The van der Waals surface area contributed by atoms with Crippen molar-refractivity contribution in [2.45, 2.75) is 12.1 Å². The molecule has 2 atom stereocenters. The van der Waals surface area contributed by atoms with Crippen LogP contribution in [0.1, 0.15) is 11.6 Å². The summed E-state index contributed by atoms with van der Waals surface area (Å²) in [5.74, 6) is 0.698. The Morgan fingerprint density at radius 2 is 2.00 bits per heavy atom. The molecule has 1 aromatic carbocycles. The van der Waals surface area contributed by atoms with Crippen molar-refractivity contribution >= 4 is 0 Å². The summed E-state index contributed by atoms with van der Waals surface area (Å²) in [6, 6.07) is 6.52. The molecule has 0 aliphatic rings. The molecule has 0 radical (unpaired) electrons. The zero-order valence-corrected chi connectivity index (χ0v) is 8.18. The largest absolute Gasteiger partial charge is 0.496 e. The lowest BCUT2D eigenvalue weighted by atomic mass is 10.0. The van der Waals surface area contributed by atoms with Crippen LogP contribution >= 0.6 is 0 Å². The fraction of sp³-hybridized carbons (Fsp3) is 0.400. The molecular formula is C10H16N2O2. The van der Waals surface area contributed by atoms with Gasteiger partial charge in [0, 0.05) is 11.6 Å². The van der Waals surface area contributed by atoms with Gasteiger partial charge in [-0.2, -0.15) is 0 Å². The van der Waals surface area contributed by atoms with Crippen molar-refractivity contribution in [3.05, 3.63) is 29.8 Å². The smallest absolute Gasteiger partial charge is 0.123 e. The summed E-state index contributed by atoms with van der Waals surface area (Å²) in [5, 5.41) is 8.88. The zero-order valence-electron chi connectivity index (χ0n) is 8.18. The summed E-state index contributed by atoms with van der Waals surface area (Å²) in [7, 11) is 1.58. The highest BCUT2D eigenvalue weighted by Gasteiger charge is 2.17. The Morgan fingerprint density at radius 1 is 1.36 bits per heavy atom. The molecule has 78 valence electrons. The number of methoxy groups -OCH3 is 1. The number of nitrogens with two attached hydrogens (primary N) is 2. The molecule has 5 N–H and O–H groups in total. The molecule has 0 aromatic heterocycles. The quantitative estimate of drug-likeness (QED) is 0.634. The van der Waals surface area contributed by atoms with E-state index < -0.39 is 12.1 Å². The molecule has 1 rings (SSSR count). The molecule has 0 fully saturated rings. The van der Waals surface area contributed by atoms with Gasteiger partial charge in [0.1, 0.15) is 5.75 Å². The lowest BCUT2D eigenvalue weighted by molar-refractivity contribution is 0.248. The minimum Gasteiger partial charge on any atom is -0.496 e. The fourth-order valence-corrected chi connectivity index (χ4v) is 1.29. The van der Waals surface area contributed by atoms with Crippen LogP contribution in [0.2, 0.25) is 0 Å². The number of benzene rings is 1. The van der Waals surface area contributed by atoms with Gasteiger partial charge in [0.05, 0.1) is 19.8 Å². The molecule has 0 spiro atoms. The van der Waals surface area contributed by atoms with E-state index in [9.17, 15) is 0 Å². The van der Waals surface area contributed by atoms with Crippen LogP contribution < -0.4 is 16.2 Å². The second-order valence-electron chi connectivity index (χ2n) is 3.11. The number of aliphatic hydroxyl groups is 1. The maximum Gasteiger partial charge on any atom is 0.123 e. The summed E-state index contributed by atoms with van der Waals surface area (Å²) in [5.41, 5.74) is 12.3. The van der Waals surface area contributed by atoms with Crippen LogP contribution in [0.4, 0.5) is 0 Å². The molecule has 14 heavy (non-hydrogen) atoms. The van der Waals surface area contributed by atoms with Crippen molar-refractivity contribution in [2.75, 3.05) is 13.7 Å². The summed E-state index contributed by atoms with van der Waals surface area (Å²) in [6.45, 7) is -0.140. The molecule has 1 aromatic rings. The lowest BCUT2D eigenvalue weighted by Crippen LogP contribution is -2.37. The average Bonchev–Trinajstić information content (AvgIpc) is 2.26. The summed E-state index contributed by atoms with van der Waals surface area (Å²) in [6.07, 6.45) is 0. The van der Waals surface area contributed by atoms with Gasteiger partial charge in [0.2, 0.25) is 0 Å². The van der Waals surface area contributed by atoms with Crippen LogP contribution in [0.5, 0.6) is 5.75 Å². The van der Waals surface area contributed by atoms with Crippen molar-refractivity contribution < 1.29 is 9.84 Å². The van der Waals surface area contributed by atoms with Gasteiger partial charge >= 0.3 is 0 Å². The van der Waals surface area contributed by atoms with Gasteiger partial charge in [-0.15, -0.1) is 0 Å². The highest BCUT2D eigenvalue weighted by atomic mass is 16.5. The van der Waals surface area contributed by atoms with Crippen molar-refractivity contribution in [1.29, 1.82) is 0 Å². The van der Waals surface area contributed by atoms with Gasteiger partial charge in [-0.25, -0.2) is 0 Å². The van der Waals surface area contributed by atoms with E-state index in [-0.39, 0.29) is 6.61 Å². The Morgan fingerprint density at radius 3 is 2.57 bits per heavy atom. The molecule has 4 nitrogen and oxygen atoms in total. The molecule has 0 aliphatic carbocycles. The van der Waals surface area contributed by atoms with Crippen LogP contribution in [0.15, 0.2) is 24.3 Å². The molecule has 2 unspecified atom stereocenters. The molecule has 0 saturated heterocycles. The number of rotatable bonds is 4. The predicted octanol–water partition coefficient (Wildman–Crippen LogP) is 0.0146. The Kier molecular flexibility index (Phi) is 3.88. The maximum atomic E-state index is 8.88. The fourth-order valence-electron chi connectivity index (χ4n) is 1.29. The second-order valence-corrected chi connectivity index (χ2v) is 3.11. The van der Waals surface area contributed by atoms with E-state index in [1.165, 1.54) is 0 Å². The van der Waals surface area contributed by atoms with Crippen LogP contribution in [0, 0.1) is 0 Å². The van der Waals surface area contributed by atoms with E-state index in [0.717, 1.165) is 5.56 Å². The summed E-state index contributed by atoms with van der Waals surface area (Å²) >= 11 is 0. The first-order valence-corrected chi connectivity index (χ1v) is 4.45. The number of hydrogen-bond acceptors (Lipinski definition) is 4. The van der Waals surface area contributed by atoms with Gasteiger partial charge in [-0.05, 0) is 6.07 Å². The van der Waals surface area contributed by atoms with Gasteiger partial charge in [0.15, 0.2) is 0 Å². The molecule has 0 bridgehead atoms. The molecule has 0 heterocycles. The number of hydrogen-bond donors (Lipinski definition) is 3. The van der Waals surface area contributed by atoms with Gasteiger partial charge in [-0.1, -0.05) is 18.2 Å². The van der Waals surface area contributed by atoms with Crippen molar-refractivity contribution in [2.24, 2.45) is 11.5 Å². The number of ether oxygens (including phenoxy) is 1. The first kappa shape index (κ1) is 11.0. The van der Waals surface area contributed by atoms with E-state index in [2.05, 4.69) is 0 Å². The number of aliphatic hydroxyl groups excluding tert-OH is 1. The highest BCUT2D eigenvalue weighted by Crippen LogP contribution is 2.24. The first-order chi connectivity index (χ1) is 6.70. The maximum absolute atomic E-state index is 8.88. The van der Waals surface area contributed by atoms with Gasteiger partial charge in [0.25, 0.3) is 0 Å². The Bertz CT molecular complexity index is 291. The predicted molar refractivity (Wildman–Crippen MR) is 55.0 cm³/mol. The van der Waals surface area contributed by atoms with Crippen molar-refractivity contribution in [3.8, 4) is 5.75 Å². The topological polar surface area (TPSA) is 81.5 Å². The number of para-hydroxylation sites is 1. The first-order valence-electron chi connectivity index (χ1n) is 4.45. The van der Waals surface area contributed by atoms with Crippen LogP contribution in [0.25, 0.3) is 0 Å². The Balaban J connectivity index is 2.93. The standard InChI is InChI=1S/C10H16N2O2/c1-14-9-5-3-2-4-7(9)10(12)8(11)6-13/h2-5,8,10,13H,6,11-12H2,1H3. The van der Waals surface area contributed by atoms with E-state index in [0.29, 0.717) is 5.75 Å². The SMILES string of the molecule is COc1ccccc1C(N)C(N)CO. The Hall–Kier alpha value is -1.10. The monoisotopic (exact) mass is 196 g/mol. The minimum atomic E-state index is -0.466. The minimum absolute atomic E-state index is 0.140. The third kappa shape index (κ3) is 2.23. The van der Waals surface area contributed by atoms with Gasteiger partial charge < -0.3 is 21.3 Å². The molecule has 0 amide bonds. The van der Waals surface area contributed by atoms with Crippen LogP contribution in [-0.2, 0) is 0 Å². The van der Waals surface area contributed by atoms with E-state index in [1.54, 1.807) is 7.11 Å². The third-order valence-electron chi connectivity index (χ3n) is 2.17. The molecule has 0 aliphatic heterocycles.